The Kier molecular flexibility index (Phi) is 3.32. The van der Waals surface area contributed by atoms with Crippen LogP contribution >= 0.6 is 0 Å². The van der Waals surface area contributed by atoms with Gasteiger partial charge in [0.1, 0.15) is 0 Å². The van der Waals surface area contributed by atoms with Crippen LogP contribution in [0.2, 0.25) is 0 Å². The fourth-order valence-electron chi connectivity index (χ4n) is 1.14. The zero-order valence-electron chi connectivity index (χ0n) is 7.75. The van der Waals surface area contributed by atoms with Gasteiger partial charge in [-0.3, -0.25) is 0 Å². The number of hydrogen-bond donors (Lipinski definition) is 1. The molecule has 2 nitrogen and oxygen atoms in total. The van der Waals surface area contributed by atoms with Gasteiger partial charge < -0.3 is 5.73 Å². The first kappa shape index (κ1) is 11.5. The molecule has 0 bridgehead atoms. The van der Waals surface area contributed by atoms with Gasteiger partial charge in [0.25, 0.3) is 0 Å². The van der Waals surface area contributed by atoms with Crippen molar-refractivity contribution >= 4 is 0 Å². The largest absolute Gasteiger partial charge is 0.416 e. The number of rotatable bonds is 2. The molecule has 1 rings (SSSR count). The molecule has 0 aliphatic rings. The van der Waals surface area contributed by atoms with Crippen LogP contribution in [0.4, 0.5) is 13.2 Å². The summed E-state index contributed by atoms with van der Waals surface area (Å²) in [7, 11) is 0. The molecule has 0 spiro atoms. The first-order valence-electron chi connectivity index (χ1n) is 4.25. The first-order valence-corrected chi connectivity index (χ1v) is 4.25. The van der Waals surface area contributed by atoms with E-state index in [0.717, 1.165) is 12.1 Å². The van der Waals surface area contributed by atoms with Crippen molar-refractivity contribution in [2.24, 2.45) is 5.73 Å². The Morgan fingerprint density at radius 2 is 1.80 bits per heavy atom. The Labute approximate surface area is 85.1 Å². The van der Waals surface area contributed by atoms with Crippen molar-refractivity contribution in [3.8, 4) is 6.07 Å². The van der Waals surface area contributed by atoms with E-state index < -0.39 is 17.8 Å². The lowest BCUT2D eigenvalue weighted by molar-refractivity contribution is -0.137. The van der Waals surface area contributed by atoms with Crippen LogP contribution in [-0.2, 0) is 6.18 Å². The summed E-state index contributed by atoms with van der Waals surface area (Å²) in [5.41, 5.74) is 5.38. The maximum atomic E-state index is 12.2. The van der Waals surface area contributed by atoms with Gasteiger partial charge in [-0.1, -0.05) is 12.1 Å². The number of nitrogens with zero attached hydrogens (tertiary/aromatic N) is 1. The summed E-state index contributed by atoms with van der Waals surface area (Å²) in [6.45, 7) is 0. The molecule has 0 saturated carbocycles. The smallest absolute Gasteiger partial charge is 0.323 e. The van der Waals surface area contributed by atoms with E-state index in [1.807, 2.05) is 6.07 Å². The maximum Gasteiger partial charge on any atom is 0.416 e. The van der Waals surface area contributed by atoms with Gasteiger partial charge in [0.15, 0.2) is 0 Å². The van der Waals surface area contributed by atoms with Crippen molar-refractivity contribution < 1.29 is 13.2 Å². The fraction of sp³-hybridized carbons (Fsp3) is 0.300. The summed E-state index contributed by atoms with van der Waals surface area (Å²) in [5.74, 6) is 0. The van der Waals surface area contributed by atoms with Crippen molar-refractivity contribution in [3.63, 3.8) is 0 Å². The minimum absolute atomic E-state index is 0.0887. The van der Waals surface area contributed by atoms with E-state index in [2.05, 4.69) is 0 Å². The van der Waals surface area contributed by atoms with Gasteiger partial charge >= 0.3 is 6.18 Å². The lowest BCUT2D eigenvalue weighted by atomic mass is 10.0. The summed E-state index contributed by atoms with van der Waals surface area (Å²) < 4.78 is 36.6. The second kappa shape index (κ2) is 4.32. The van der Waals surface area contributed by atoms with Crippen LogP contribution in [0.15, 0.2) is 24.3 Å². The number of alkyl halides is 3. The molecule has 0 unspecified atom stereocenters. The molecule has 1 aromatic rings. The Balaban J connectivity index is 2.87. The van der Waals surface area contributed by atoms with E-state index in [-0.39, 0.29) is 6.42 Å². The van der Waals surface area contributed by atoms with Gasteiger partial charge in [0, 0.05) is 6.04 Å². The van der Waals surface area contributed by atoms with Crippen molar-refractivity contribution in [1.82, 2.24) is 0 Å². The van der Waals surface area contributed by atoms with E-state index in [1.165, 1.54) is 12.1 Å². The molecule has 0 amide bonds. The second-order valence-electron chi connectivity index (χ2n) is 3.09. The summed E-state index contributed by atoms with van der Waals surface area (Å²) in [6, 6.07) is 5.86. The van der Waals surface area contributed by atoms with E-state index in [1.54, 1.807) is 0 Å². The maximum absolute atomic E-state index is 12.2. The molecule has 0 radical (unpaired) electrons. The molecule has 15 heavy (non-hydrogen) atoms. The van der Waals surface area contributed by atoms with Crippen LogP contribution in [0.5, 0.6) is 0 Å². The third-order valence-corrected chi connectivity index (χ3v) is 1.98. The van der Waals surface area contributed by atoms with Gasteiger partial charge in [-0.25, -0.2) is 0 Å². The van der Waals surface area contributed by atoms with Crippen molar-refractivity contribution in [1.29, 1.82) is 5.26 Å². The number of nitrogens with two attached hydrogens (primary N) is 1. The third-order valence-electron chi connectivity index (χ3n) is 1.98. The highest BCUT2D eigenvalue weighted by Crippen LogP contribution is 2.29. The van der Waals surface area contributed by atoms with E-state index in [9.17, 15) is 13.2 Å². The quantitative estimate of drug-likeness (QED) is 0.822. The molecule has 1 atom stereocenters. The van der Waals surface area contributed by atoms with Gasteiger partial charge in [-0.05, 0) is 17.7 Å². The highest BCUT2D eigenvalue weighted by molar-refractivity contribution is 5.27. The molecule has 0 aliphatic heterocycles. The van der Waals surface area contributed by atoms with Crippen LogP contribution < -0.4 is 5.73 Å². The highest BCUT2D eigenvalue weighted by atomic mass is 19.4. The number of hydrogen-bond acceptors (Lipinski definition) is 2. The van der Waals surface area contributed by atoms with Crippen LogP contribution in [0.1, 0.15) is 23.6 Å². The monoisotopic (exact) mass is 214 g/mol. The number of benzene rings is 1. The predicted molar refractivity (Wildman–Crippen MR) is 48.6 cm³/mol. The van der Waals surface area contributed by atoms with Gasteiger partial charge in [0.05, 0.1) is 18.1 Å². The van der Waals surface area contributed by atoms with Crippen LogP contribution in [0, 0.1) is 11.3 Å². The van der Waals surface area contributed by atoms with Gasteiger partial charge in [-0.2, -0.15) is 18.4 Å². The molecule has 0 aromatic heterocycles. The summed E-state index contributed by atoms with van der Waals surface area (Å²) >= 11 is 0. The first-order chi connectivity index (χ1) is 6.95. The SMILES string of the molecule is N#CC[C@@H](N)c1ccc(C(F)(F)F)cc1. The lowest BCUT2D eigenvalue weighted by Crippen LogP contribution is -2.10. The number of halogens is 3. The molecule has 5 heteroatoms. The van der Waals surface area contributed by atoms with Crippen molar-refractivity contribution in [3.05, 3.63) is 35.4 Å². The van der Waals surface area contributed by atoms with Crippen LogP contribution in [0.3, 0.4) is 0 Å². The molecule has 80 valence electrons. The zero-order valence-corrected chi connectivity index (χ0v) is 7.75. The van der Waals surface area contributed by atoms with E-state index >= 15 is 0 Å². The average Bonchev–Trinajstić information content (AvgIpc) is 2.17. The molecule has 1 aromatic carbocycles. The summed E-state index contributed by atoms with van der Waals surface area (Å²) in [5, 5.41) is 8.37. The minimum atomic E-state index is -4.34. The fourth-order valence-corrected chi connectivity index (χ4v) is 1.14. The Morgan fingerprint density at radius 3 is 2.20 bits per heavy atom. The molecular weight excluding hydrogens is 205 g/mol. The van der Waals surface area contributed by atoms with Gasteiger partial charge in [-0.15, -0.1) is 0 Å². The zero-order chi connectivity index (χ0) is 11.5. The molecule has 0 aliphatic carbocycles. The van der Waals surface area contributed by atoms with Gasteiger partial charge in [0.2, 0.25) is 0 Å². The molecule has 0 fully saturated rings. The van der Waals surface area contributed by atoms with Crippen molar-refractivity contribution in [2.45, 2.75) is 18.6 Å². The number of nitriles is 1. The summed E-state index contributed by atoms with van der Waals surface area (Å²) in [4.78, 5) is 0. The van der Waals surface area contributed by atoms with Crippen molar-refractivity contribution in [2.75, 3.05) is 0 Å². The summed E-state index contributed by atoms with van der Waals surface area (Å²) in [6.07, 6.45) is -4.25. The Morgan fingerprint density at radius 1 is 1.27 bits per heavy atom. The third kappa shape index (κ3) is 2.96. The molecular formula is C10H9F3N2. The van der Waals surface area contributed by atoms with Crippen LogP contribution in [-0.4, -0.2) is 0 Å². The topological polar surface area (TPSA) is 49.8 Å². The molecule has 2 N–H and O–H groups in total. The second-order valence-corrected chi connectivity index (χ2v) is 3.09. The van der Waals surface area contributed by atoms with Crippen LogP contribution in [0.25, 0.3) is 0 Å². The lowest BCUT2D eigenvalue weighted by Gasteiger charge is -2.10. The normalized spacial score (nSPS) is 13.3. The Hall–Kier alpha value is -1.54. The molecule has 0 heterocycles. The average molecular weight is 214 g/mol. The minimum Gasteiger partial charge on any atom is -0.323 e. The van der Waals surface area contributed by atoms with E-state index in [4.69, 9.17) is 11.0 Å². The van der Waals surface area contributed by atoms with E-state index in [0.29, 0.717) is 5.56 Å². The predicted octanol–water partition coefficient (Wildman–Crippen LogP) is 2.62. The molecule has 0 saturated heterocycles. The highest BCUT2D eigenvalue weighted by Gasteiger charge is 2.30. The standard InChI is InChI=1S/C10H9F3N2/c11-10(12,13)8-3-1-7(2-4-8)9(15)5-6-14/h1-4,9H,5,15H2/t9-/m1/s1. The Bertz CT molecular complexity index is 362.